The quantitative estimate of drug-likeness (QED) is 0.866. The van der Waals surface area contributed by atoms with Crippen molar-refractivity contribution < 1.29 is 0 Å². The Bertz CT molecular complexity index is 342. The van der Waals surface area contributed by atoms with Crippen molar-refractivity contribution in [2.75, 3.05) is 18.0 Å². The van der Waals surface area contributed by atoms with Gasteiger partial charge in [-0.15, -0.1) is 0 Å². The van der Waals surface area contributed by atoms with Crippen LogP contribution >= 0.6 is 0 Å². The number of piperidine rings is 1. The first kappa shape index (κ1) is 12.3. The summed E-state index contributed by atoms with van der Waals surface area (Å²) >= 11 is 0. The molecule has 1 aliphatic heterocycles. The maximum atomic E-state index is 4.31. The molecule has 0 aliphatic carbocycles. The van der Waals surface area contributed by atoms with E-state index in [2.05, 4.69) is 41.0 Å². The lowest BCUT2D eigenvalue weighted by Crippen LogP contribution is -2.53. The topological polar surface area (TPSA) is 41.0 Å². The Morgan fingerprint density at radius 2 is 1.82 bits per heavy atom. The van der Waals surface area contributed by atoms with Crippen molar-refractivity contribution >= 4 is 5.95 Å². The van der Waals surface area contributed by atoms with Crippen LogP contribution in [-0.2, 0) is 0 Å². The van der Waals surface area contributed by atoms with Crippen LogP contribution in [0.1, 0.15) is 33.6 Å². The van der Waals surface area contributed by atoms with Gasteiger partial charge < -0.3 is 10.2 Å². The summed E-state index contributed by atoms with van der Waals surface area (Å²) in [5.41, 5.74) is 0.263. The van der Waals surface area contributed by atoms with E-state index in [0.717, 1.165) is 31.9 Å². The predicted molar refractivity (Wildman–Crippen MR) is 70.2 cm³/mol. The highest BCUT2D eigenvalue weighted by molar-refractivity contribution is 5.29. The molecule has 1 aromatic heterocycles. The molecule has 2 rings (SSSR count). The van der Waals surface area contributed by atoms with Crippen LogP contribution in [0.15, 0.2) is 18.5 Å². The molecular formula is C13H22N4. The van der Waals surface area contributed by atoms with Crippen LogP contribution in [0.2, 0.25) is 0 Å². The molecule has 1 aliphatic rings. The van der Waals surface area contributed by atoms with Gasteiger partial charge in [0.25, 0.3) is 0 Å². The molecule has 0 atom stereocenters. The van der Waals surface area contributed by atoms with Crippen molar-refractivity contribution in [2.24, 2.45) is 0 Å². The highest BCUT2D eigenvalue weighted by Gasteiger charge is 2.30. The molecule has 0 bridgehead atoms. The predicted octanol–water partition coefficient (Wildman–Crippen LogP) is 1.83. The average Bonchev–Trinajstić information content (AvgIpc) is 2.29. The number of anilines is 1. The number of hydrogen-bond donors (Lipinski definition) is 1. The molecule has 0 aromatic carbocycles. The van der Waals surface area contributed by atoms with E-state index in [1.807, 2.05) is 18.5 Å². The maximum Gasteiger partial charge on any atom is 0.225 e. The van der Waals surface area contributed by atoms with E-state index in [0.29, 0.717) is 6.04 Å². The molecule has 1 fully saturated rings. The molecule has 1 saturated heterocycles. The monoisotopic (exact) mass is 234 g/mol. The Labute approximate surface area is 103 Å². The Morgan fingerprint density at radius 1 is 1.24 bits per heavy atom. The summed E-state index contributed by atoms with van der Waals surface area (Å²) in [6.45, 7) is 8.78. The molecule has 0 amide bonds. The van der Waals surface area contributed by atoms with Gasteiger partial charge in [-0.25, -0.2) is 9.97 Å². The summed E-state index contributed by atoms with van der Waals surface area (Å²) in [5, 5.41) is 3.66. The van der Waals surface area contributed by atoms with E-state index in [4.69, 9.17) is 0 Å². The largest absolute Gasteiger partial charge is 0.341 e. The summed E-state index contributed by atoms with van der Waals surface area (Å²) in [5.74, 6) is 0.860. The lowest BCUT2D eigenvalue weighted by atomic mass is 9.89. The smallest absolute Gasteiger partial charge is 0.225 e. The molecule has 17 heavy (non-hydrogen) atoms. The standard InChI is InChI=1S/C13H22N4/c1-11(2)16-13(3)5-9-17(10-6-13)12-14-7-4-8-15-12/h4,7-8,11,16H,5-6,9-10H2,1-3H3. The van der Waals surface area contributed by atoms with Gasteiger partial charge in [0.05, 0.1) is 0 Å². The Hall–Kier alpha value is -1.16. The van der Waals surface area contributed by atoms with Crippen molar-refractivity contribution in [1.29, 1.82) is 0 Å². The van der Waals surface area contributed by atoms with Crippen molar-refractivity contribution in [3.05, 3.63) is 18.5 Å². The van der Waals surface area contributed by atoms with E-state index < -0.39 is 0 Å². The van der Waals surface area contributed by atoms with Gasteiger partial charge in [0.1, 0.15) is 0 Å². The Kier molecular flexibility index (Phi) is 3.62. The highest BCUT2D eigenvalue weighted by atomic mass is 15.3. The van der Waals surface area contributed by atoms with Gasteiger partial charge in [-0.2, -0.15) is 0 Å². The second-order valence-corrected chi connectivity index (χ2v) is 5.40. The SMILES string of the molecule is CC(C)NC1(C)CCN(c2ncccn2)CC1. The van der Waals surface area contributed by atoms with Gasteiger partial charge in [0, 0.05) is 37.1 Å². The van der Waals surface area contributed by atoms with Crippen molar-refractivity contribution in [3.63, 3.8) is 0 Å². The van der Waals surface area contributed by atoms with Gasteiger partial charge in [0.2, 0.25) is 5.95 Å². The Balaban J connectivity index is 1.94. The summed E-state index contributed by atoms with van der Waals surface area (Å²) in [4.78, 5) is 10.9. The van der Waals surface area contributed by atoms with Gasteiger partial charge in [-0.1, -0.05) is 13.8 Å². The van der Waals surface area contributed by atoms with Gasteiger partial charge in [-0.3, -0.25) is 0 Å². The molecule has 94 valence electrons. The zero-order chi connectivity index (χ0) is 12.3. The summed E-state index contributed by atoms with van der Waals surface area (Å²) in [6, 6.07) is 2.40. The summed E-state index contributed by atoms with van der Waals surface area (Å²) in [6.07, 6.45) is 5.90. The number of rotatable bonds is 3. The fourth-order valence-electron chi connectivity index (χ4n) is 2.50. The first-order valence-corrected chi connectivity index (χ1v) is 6.39. The van der Waals surface area contributed by atoms with Crippen LogP contribution in [0.25, 0.3) is 0 Å². The zero-order valence-electron chi connectivity index (χ0n) is 11.0. The third-order valence-corrected chi connectivity index (χ3v) is 3.34. The van der Waals surface area contributed by atoms with Crippen molar-refractivity contribution in [3.8, 4) is 0 Å². The maximum absolute atomic E-state index is 4.31. The van der Waals surface area contributed by atoms with E-state index in [9.17, 15) is 0 Å². The number of nitrogens with one attached hydrogen (secondary N) is 1. The minimum absolute atomic E-state index is 0.263. The molecule has 2 heterocycles. The molecule has 1 N–H and O–H groups in total. The highest BCUT2D eigenvalue weighted by Crippen LogP contribution is 2.24. The van der Waals surface area contributed by atoms with Crippen LogP contribution in [0.3, 0.4) is 0 Å². The number of aromatic nitrogens is 2. The molecule has 0 spiro atoms. The van der Waals surface area contributed by atoms with Crippen LogP contribution in [-0.4, -0.2) is 34.6 Å². The third-order valence-electron chi connectivity index (χ3n) is 3.34. The van der Waals surface area contributed by atoms with Crippen molar-refractivity contribution in [2.45, 2.75) is 45.2 Å². The summed E-state index contributed by atoms with van der Waals surface area (Å²) in [7, 11) is 0. The van der Waals surface area contributed by atoms with E-state index in [-0.39, 0.29) is 5.54 Å². The number of hydrogen-bond acceptors (Lipinski definition) is 4. The van der Waals surface area contributed by atoms with Gasteiger partial charge in [-0.05, 0) is 25.8 Å². The summed E-state index contributed by atoms with van der Waals surface area (Å²) < 4.78 is 0. The normalized spacial score (nSPS) is 19.6. The molecular weight excluding hydrogens is 212 g/mol. The fraction of sp³-hybridized carbons (Fsp3) is 0.692. The van der Waals surface area contributed by atoms with E-state index in [1.54, 1.807) is 0 Å². The molecule has 4 nitrogen and oxygen atoms in total. The lowest BCUT2D eigenvalue weighted by Gasteiger charge is -2.41. The second-order valence-electron chi connectivity index (χ2n) is 5.40. The zero-order valence-corrected chi connectivity index (χ0v) is 11.0. The molecule has 0 saturated carbocycles. The third kappa shape index (κ3) is 3.16. The van der Waals surface area contributed by atoms with E-state index in [1.165, 1.54) is 0 Å². The minimum atomic E-state index is 0.263. The van der Waals surface area contributed by atoms with E-state index >= 15 is 0 Å². The van der Waals surface area contributed by atoms with Gasteiger partial charge in [0.15, 0.2) is 0 Å². The van der Waals surface area contributed by atoms with Crippen LogP contribution in [0, 0.1) is 0 Å². The lowest BCUT2D eigenvalue weighted by molar-refractivity contribution is 0.263. The average molecular weight is 234 g/mol. The first-order valence-electron chi connectivity index (χ1n) is 6.39. The molecule has 0 unspecified atom stereocenters. The minimum Gasteiger partial charge on any atom is -0.341 e. The second kappa shape index (κ2) is 5.00. The van der Waals surface area contributed by atoms with Gasteiger partial charge >= 0.3 is 0 Å². The van der Waals surface area contributed by atoms with Crippen molar-refractivity contribution in [1.82, 2.24) is 15.3 Å². The molecule has 0 radical (unpaired) electrons. The first-order chi connectivity index (χ1) is 8.09. The van der Waals surface area contributed by atoms with Crippen LogP contribution < -0.4 is 10.2 Å². The number of nitrogens with zero attached hydrogens (tertiary/aromatic N) is 3. The molecule has 1 aromatic rings. The van der Waals surface area contributed by atoms with Crippen LogP contribution in [0.4, 0.5) is 5.95 Å². The Morgan fingerprint density at radius 3 is 2.35 bits per heavy atom. The fourth-order valence-corrected chi connectivity index (χ4v) is 2.50. The van der Waals surface area contributed by atoms with Crippen LogP contribution in [0.5, 0.6) is 0 Å². The molecule has 4 heteroatoms.